The molecule has 0 saturated carbocycles. The summed E-state index contributed by atoms with van der Waals surface area (Å²) < 4.78 is 63.8. The predicted octanol–water partition coefficient (Wildman–Crippen LogP) is 15.0. The maximum Gasteiger partial charge on any atom is 0.121 e. The summed E-state index contributed by atoms with van der Waals surface area (Å²) in [5, 5.41) is 4.51. The van der Waals surface area contributed by atoms with Gasteiger partial charge >= 0.3 is 0 Å². The summed E-state index contributed by atoms with van der Waals surface area (Å²) in [6.45, 7) is 9.09. The SMILES string of the molecule is [2H]C([2H])([2H])c1c[c-]c(-c2ccc(C([2H])([2H])C(C)(C)C)cn2)cc1-c1ccccc1.[2H]C([2H])(c1ccc(-c2ccnc(-c3[c-]ccc4c3oc3ccc5ccccc5c34)c2)cc1)C(C)(C)C.[Ir]. The van der Waals surface area contributed by atoms with Crippen molar-refractivity contribution in [1.82, 2.24) is 9.97 Å². The number of hydrogen-bond acceptors (Lipinski definition) is 3. The molecule has 0 bridgehead atoms. The van der Waals surface area contributed by atoms with Gasteiger partial charge in [0.15, 0.2) is 0 Å². The number of fused-ring (bicyclic) bond motifs is 5. The van der Waals surface area contributed by atoms with Crippen molar-refractivity contribution in [2.75, 3.05) is 0 Å². The zero-order valence-corrected chi connectivity index (χ0v) is 36.5. The molecule has 0 saturated heterocycles. The van der Waals surface area contributed by atoms with Gasteiger partial charge in [0, 0.05) is 47.5 Å². The van der Waals surface area contributed by atoms with Crippen molar-refractivity contribution in [2.24, 2.45) is 10.8 Å². The summed E-state index contributed by atoms with van der Waals surface area (Å²) in [7, 11) is 0. The molecule has 0 amide bonds. The van der Waals surface area contributed by atoms with Crippen molar-refractivity contribution in [3.63, 3.8) is 0 Å². The van der Waals surface area contributed by atoms with E-state index < -0.39 is 30.4 Å². The first-order valence-corrected chi connectivity index (χ1v) is 19.6. The van der Waals surface area contributed by atoms with Crippen molar-refractivity contribution in [2.45, 2.75) is 61.1 Å². The predicted molar refractivity (Wildman–Crippen MR) is 244 cm³/mol. The van der Waals surface area contributed by atoms with Crippen LogP contribution in [0.3, 0.4) is 0 Å². The molecule has 6 aromatic carbocycles. The van der Waals surface area contributed by atoms with Crippen LogP contribution in [-0.4, -0.2) is 9.97 Å². The Bertz CT molecular complexity index is 3150. The fraction of sp³-hybridized carbons (Fsp3) is 0.200. The molecule has 3 aromatic heterocycles. The molecular formula is C55H50IrN2O-2. The van der Waals surface area contributed by atoms with E-state index >= 15 is 0 Å². The number of furan rings is 1. The summed E-state index contributed by atoms with van der Waals surface area (Å²) in [6, 6.07) is 50.8. The molecule has 3 heterocycles. The molecule has 0 aliphatic rings. The number of pyridine rings is 2. The van der Waals surface area contributed by atoms with E-state index in [9.17, 15) is 0 Å². The second-order valence-electron chi connectivity index (χ2n) is 16.6. The first kappa shape index (κ1) is 33.2. The zero-order valence-electron chi connectivity index (χ0n) is 41.1. The Balaban J connectivity index is 0.000000198. The first-order valence-electron chi connectivity index (χ1n) is 23.1. The van der Waals surface area contributed by atoms with Crippen LogP contribution in [0.2, 0.25) is 0 Å². The summed E-state index contributed by atoms with van der Waals surface area (Å²) in [6.07, 6.45) is 0.402. The Morgan fingerprint density at radius 2 is 1.37 bits per heavy atom. The fourth-order valence-electron chi connectivity index (χ4n) is 7.18. The Morgan fingerprint density at radius 1 is 0.644 bits per heavy atom. The van der Waals surface area contributed by atoms with Gasteiger partial charge in [0.05, 0.1) is 5.58 Å². The van der Waals surface area contributed by atoms with Crippen molar-refractivity contribution >= 4 is 32.7 Å². The van der Waals surface area contributed by atoms with Crippen LogP contribution in [0.4, 0.5) is 0 Å². The minimum atomic E-state index is -2.25. The second-order valence-corrected chi connectivity index (χ2v) is 16.6. The van der Waals surface area contributed by atoms with Gasteiger partial charge in [-0.2, -0.15) is 0 Å². The molecule has 9 aromatic rings. The molecule has 0 unspecified atom stereocenters. The van der Waals surface area contributed by atoms with Gasteiger partial charge in [-0.3, -0.25) is 0 Å². The molecular weight excluding hydrogens is 897 g/mol. The second kappa shape index (κ2) is 17.3. The van der Waals surface area contributed by atoms with E-state index in [4.69, 9.17) is 14.0 Å². The van der Waals surface area contributed by atoms with E-state index in [0.717, 1.165) is 49.9 Å². The molecule has 297 valence electrons. The molecule has 0 N–H and O–H groups in total. The minimum Gasteiger partial charge on any atom is -0.501 e. The van der Waals surface area contributed by atoms with Crippen LogP contribution in [-0.2, 0) is 32.9 Å². The van der Waals surface area contributed by atoms with Crippen LogP contribution >= 0.6 is 0 Å². The van der Waals surface area contributed by atoms with E-state index in [0.29, 0.717) is 27.9 Å². The van der Waals surface area contributed by atoms with Gasteiger partial charge in [0.1, 0.15) is 5.58 Å². The molecule has 59 heavy (non-hydrogen) atoms. The number of hydrogen-bond donors (Lipinski definition) is 0. The van der Waals surface area contributed by atoms with Gasteiger partial charge in [0.2, 0.25) is 0 Å². The van der Waals surface area contributed by atoms with E-state index in [-0.39, 0.29) is 25.7 Å². The molecule has 0 atom stereocenters. The largest absolute Gasteiger partial charge is 0.501 e. The normalized spacial score (nSPS) is 14.1. The van der Waals surface area contributed by atoms with Crippen LogP contribution in [0.25, 0.3) is 77.5 Å². The third-order valence-electron chi connectivity index (χ3n) is 9.67. The summed E-state index contributed by atoms with van der Waals surface area (Å²) in [4.78, 5) is 9.10. The third-order valence-corrected chi connectivity index (χ3v) is 9.67. The Hall–Kier alpha value is -5.67. The quantitative estimate of drug-likeness (QED) is 0.156. The van der Waals surface area contributed by atoms with E-state index in [1.54, 1.807) is 30.6 Å². The van der Waals surface area contributed by atoms with Gasteiger partial charge in [-0.15, -0.1) is 47.5 Å². The number of aryl methyl sites for hydroxylation is 1. The van der Waals surface area contributed by atoms with Crippen LogP contribution in [0, 0.1) is 29.8 Å². The average molecular weight is 954 g/mol. The van der Waals surface area contributed by atoms with Crippen LogP contribution in [0.5, 0.6) is 0 Å². The summed E-state index contributed by atoms with van der Waals surface area (Å²) in [5.41, 5.74) is 8.36. The van der Waals surface area contributed by atoms with E-state index in [1.807, 2.05) is 120 Å². The molecule has 3 nitrogen and oxygen atoms in total. The molecule has 0 aliphatic carbocycles. The summed E-state index contributed by atoms with van der Waals surface area (Å²) in [5.74, 6) is 0. The molecule has 9 rings (SSSR count). The van der Waals surface area contributed by atoms with E-state index in [1.165, 1.54) is 16.8 Å². The average Bonchev–Trinajstić information content (AvgIpc) is 3.68. The van der Waals surface area contributed by atoms with Crippen molar-refractivity contribution < 1.29 is 34.1 Å². The smallest absolute Gasteiger partial charge is 0.121 e. The Labute approximate surface area is 372 Å². The van der Waals surface area contributed by atoms with E-state index in [2.05, 4.69) is 58.5 Å². The van der Waals surface area contributed by atoms with Crippen LogP contribution in [0.1, 0.15) is 67.8 Å². The Kier molecular flexibility index (Phi) is 9.72. The molecule has 0 aliphatic heterocycles. The van der Waals surface area contributed by atoms with Gasteiger partial charge in [0.25, 0.3) is 0 Å². The molecule has 1 radical (unpaired) electrons. The Morgan fingerprint density at radius 3 is 2.10 bits per heavy atom. The van der Waals surface area contributed by atoms with Gasteiger partial charge < -0.3 is 14.4 Å². The fourth-order valence-corrected chi connectivity index (χ4v) is 7.18. The topological polar surface area (TPSA) is 38.9 Å². The molecule has 4 heteroatoms. The van der Waals surface area contributed by atoms with Gasteiger partial charge in [-0.25, -0.2) is 0 Å². The number of rotatable bonds is 6. The maximum atomic E-state index is 8.56. The number of benzene rings is 6. The third kappa shape index (κ3) is 9.63. The number of nitrogens with zero attached hydrogens (tertiary/aromatic N) is 2. The monoisotopic (exact) mass is 954 g/mol. The number of aromatic nitrogens is 2. The maximum absolute atomic E-state index is 8.56. The molecule has 0 spiro atoms. The summed E-state index contributed by atoms with van der Waals surface area (Å²) >= 11 is 0. The minimum absolute atomic E-state index is 0. The van der Waals surface area contributed by atoms with Gasteiger partial charge in [-0.1, -0.05) is 168 Å². The first-order chi connectivity index (χ1) is 30.6. The van der Waals surface area contributed by atoms with Crippen LogP contribution in [0.15, 0.2) is 156 Å². The van der Waals surface area contributed by atoms with Crippen molar-refractivity contribution in [1.29, 1.82) is 0 Å². The van der Waals surface area contributed by atoms with Gasteiger partial charge in [-0.05, 0) is 85.7 Å². The van der Waals surface area contributed by atoms with Crippen molar-refractivity contribution in [3.8, 4) is 44.8 Å². The zero-order chi connectivity index (χ0) is 46.5. The standard InChI is InChI=1S/C32H26NO.C23H24N.Ir/c1-32(2,3)20-21-11-13-22(14-12-21)24-17-18-33-28(19-24)26-9-6-10-27-30-25-8-5-4-7-23(25)15-16-29(30)34-31(26)27;1-17-10-12-20(14-21(17)19-8-6-5-7-9-19)22-13-11-18(16-24-22)15-23(2,3)4;/h4-8,10-19H,20H2,1-3H3;5-11,13-14,16H,15H2,1-4H3;/q2*-1;/i20D2;1D3,15D2;. The van der Waals surface area contributed by atoms with Crippen LogP contribution < -0.4 is 0 Å². The molecule has 0 fully saturated rings. The van der Waals surface area contributed by atoms with Crippen molar-refractivity contribution in [3.05, 3.63) is 181 Å².